The van der Waals surface area contributed by atoms with Crippen LogP contribution < -0.4 is 0 Å². The minimum absolute atomic E-state index is 0.627. The van der Waals surface area contributed by atoms with Crippen molar-refractivity contribution in [3.8, 4) is 12.4 Å². The van der Waals surface area contributed by atoms with Gasteiger partial charge in [0.15, 0.2) is 0 Å². The Kier molecular flexibility index (Phi) is 4.99. The Bertz CT molecular complexity index is 1360. The van der Waals surface area contributed by atoms with Gasteiger partial charge in [-0.05, 0) is 49.3 Å². The normalized spacial score (nSPS) is 16.1. The summed E-state index contributed by atoms with van der Waals surface area (Å²) in [5.74, 6) is 0. The molecule has 0 amide bonds. The molecule has 2 aromatic carbocycles. The summed E-state index contributed by atoms with van der Waals surface area (Å²) in [6, 6.07) is 16.8. The van der Waals surface area contributed by atoms with Crippen LogP contribution in [0.5, 0.6) is 0 Å². The molecule has 4 aromatic rings. The average molecular weight is 390 g/mol. The number of aromatic amines is 2. The number of nitrogens with one attached hydrogen (secondary N) is 2. The smallest absolute Gasteiger partial charge is 0.206 e. The standard InChI is InChI=1S/C14H10N2.C10H8N4/c1-3-7-11-9(5-1)13-14(15-11)10-6-2-4-8-12(10)16-13;1-7-3-10(14-6-12)8(2)4-9(7)13-5-11/h1-8,15-16H;3-4H,1-2H3. The Hall–Kier alpha value is -4.42. The highest BCUT2D eigenvalue weighted by molar-refractivity contribution is 6.23. The predicted octanol–water partition coefficient (Wildman–Crippen LogP) is 5.54. The monoisotopic (exact) mass is 390 g/mol. The Morgan fingerprint density at radius 1 is 0.667 bits per heavy atom. The fraction of sp³-hybridized carbons (Fsp3) is 0.0833. The van der Waals surface area contributed by atoms with E-state index in [9.17, 15) is 0 Å². The fourth-order valence-electron chi connectivity index (χ4n) is 3.55. The number of nitriles is 2. The van der Waals surface area contributed by atoms with Crippen LogP contribution in [0.4, 0.5) is 0 Å². The van der Waals surface area contributed by atoms with Crippen LogP contribution in [0.25, 0.3) is 32.8 Å². The number of hydrogen-bond acceptors (Lipinski definition) is 4. The third kappa shape index (κ3) is 3.39. The van der Waals surface area contributed by atoms with Crippen molar-refractivity contribution in [1.29, 1.82) is 10.5 Å². The van der Waals surface area contributed by atoms with Crippen LogP contribution in [0, 0.1) is 22.9 Å². The summed E-state index contributed by atoms with van der Waals surface area (Å²) in [5.41, 5.74) is 7.72. The third-order valence-corrected chi connectivity index (χ3v) is 5.02. The second-order valence-electron chi connectivity index (χ2n) is 6.94. The zero-order chi connectivity index (χ0) is 21.1. The number of rotatable bonds is 0. The molecule has 0 atom stereocenters. The van der Waals surface area contributed by atoms with Crippen LogP contribution in [-0.4, -0.2) is 21.4 Å². The van der Waals surface area contributed by atoms with Gasteiger partial charge in [-0.3, -0.25) is 0 Å². The highest BCUT2D eigenvalue weighted by Gasteiger charge is 2.11. The van der Waals surface area contributed by atoms with E-state index in [0.29, 0.717) is 11.4 Å². The molecule has 30 heavy (non-hydrogen) atoms. The van der Waals surface area contributed by atoms with Crippen molar-refractivity contribution in [2.24, 2.45) is 9.98 Å². The van der Waals surface area contributed by atoms with E-state index in [2.05, 4.69) is 68.5 Å². The first kappa shape index (κ1) is 18.9. The molecule has 6 nitrogen and oxygen atoms in total. The molecule has 0 radical (unpaired) electrons. The molecule has 2 N–H and O–H groups in total. The molecule has 0 spiro atoms. The molecule has 0 saturated heterocycles. The number of hydrogen-bond donors (Lipinski definition) is 2. The molecule has 2 heterocycles. The third-order valence-electron chi connectivity index (χ3n) is 5.02. The van der Waals surface area contributed by atoms with Crippen molar-refractivity contribution in [3.63, 3.8) is 0 Å². The zero-order valence-electron chi connectivity index (χ0n) is 16.6. The van der Waals surface area contributed by atoms with Crippen LogP contribution in [-0.2, 0) is 0 Å². The van der Waals surface area contributed by atoms with Crippen LogP contribution in [0.3, 0.4) is 0 Å². The molecule has 0 unspecified atom stereocenters. The van der Waals surface area contributed by atoms with Gasteiger partial charge in [0.25, 0.3) is 0 Å². The van der Waals surface area contributed by atoms with Crippen LogP contribution in [0.2, 0.25) is 0 Å². The number of benzene rings is 2. The highest BCUT2D eigenvalue weighted by atomic mass is 14.8. The van der Waals surface area contributed by atoms with Gasteiger partial charge in [-0.1, -0.05) is 36.4 Å². The maximum Gasteiger partial charge on any atom is 0.206 e. The lowest BCUT2D eigenvalue weighted by atomic mass is 9.98. The maximum absolute atomic E-state index is 8.42. The number of aromatic nitrogens is 2. The minimum atomic E-state index is 0.627. The van der Waals surface area contributed by atoms with Crippen molar-refractivity contribution in [2.45, 2.75) is 13.8 Å². The molecule has 1 aliphatic carbocycles. The summed E-state index contributed by atoms with van der Waals surface area (Å²) in [7, 11) is 0. The number of H-pyrrole nitrogens is 2. The summed E-state index contributed by atoms with van der Waals surface area (Å²) >= 11 is 0. The van der Waals surface area contributed by atoms with Crippen LogP contribution in [0.1, 0.15) is 13.8 Å². The van der Waals surface area contributed by atoms with E-state index >= 15 is 0 Å². The summed E-state index contributed by atoms with van der Waals surface area (Å²) in [5, 5.41) is 19.3. The lowest BCUT2D eigenvalue weighted by Gasteiger charge is -2.09. The van der Waals surface area contributed by atoms with Gasteiger partial charge in [-0.2, -0.15) is 20.5 Å². The van der Waals surface area contributed by atoms with Gasteiger partial charge in [0.2, 0.25) is 12.4 Å². The summed E-state index contributed by atoms with van der Waals surface area (Å²) in [6.45, 7) is 3.65. The SMILES string of the molecule is CC1=CC(=NC#N)C(C)=CC1=NC#N.c1ccc2c(c1)[nH]c1c3ccccc3[nH]c21. The van der Waals surface area contributed by atoms with E-state index in [1.807, 2.05) is 13.8 Å². The van der Waals surface area contributed by atoms with Gasteiger partial charge in [-0.15, -0.1) is 0 Å². The molecule has 2 aromatic heterocycles. The second-order valence-corrected chi connectivity index (χ2v) is 6.94. The maximum atomic E-state index is 8.42. The van der Waals surface area contributed by atoms with Crippen molar-refractivity contribution in [2.75, 3.05) is 0 Å². The van der Waals surface area contributed by atoms with Crippen LogP contribution >= 0.6 is 0 Å². The van der Waals surface area contributed by atoms with Crippen molar-refractivity contribution < 1.29 is 0 Å². The molecule has 144 valence electrons. The summed E-state index contributed by atoms with van der Waals surface area (Å²) < 4.78 is 0. The molecule has 6 heteroatoms. The highest BCUT2D eigenvalue weighted by Crippen LogP contribution is 2.30. The van der Waals surface area contributed by atoms with E-state index in [4.69, 9.17) is 10.5 Å². The summed E-state index contributed by atoms with van der Waals surface area (Å²) in [4.78, 5) is 14.2. The number of allylic oxidation sites excluding steroid dienone is 4. The number of fused-ring (bicyclic) bond motifs is 5. The number of nitrogens with zero attached hydrogens (tertiary/aromatic N) is 4. The Balaban J connectivity index is 0.000000147. The first-order chi connectivity index (χ1) is 14.6. The molecule has 0 bridgehead atoms. The van der Waals surface area contributed by atoms with Gasteiger partial charge in [0, 0.05) is 21.8 Å². The first-order valence-corrected chi connectivity index (χ1v) is 9.40. The topological polar surface area (TPSA) is 104 Å². The van der Waals surface area contributed by atoms with Crippen molar-refractivity contribution >= 4 is 44.3 Å². The Morgan fingerprint density at radius 2 is 1.07 bits per heavy atom. The Morgan fingerprint density at radius 3 is 1.47 bits per heavy atom. The lowest BCUT2D eigenvalue weighted by molar-refractivity contribution is 1.39. The summed E-state index contributed by atoms with van der Waals surface area (Å²) in [6.07, 6.45) is 6.96. The zero-order valence-corrected chi connectivity index (χ0v) is 16.6. The predicted molar refractivity (Wildman–Crippen MR) is 121 cm³/mol. The van der Waals surface area contributed by atoms with Crippen LogP contribution in [0.15, 0.2) is 81.8 Å². The van der Waals surface area contributed by atoms with Gasteiger partial charge in [-0.25, -0.2) is 0 Å². The van der Waals surface area contributed by atoms with E-state index in [0.717, 1.165) is 11.1 Å². The molecule has 0 fully saturated rings. The first-order valence-electron chi connectivity index (χ1n) is 9.40. The molecular weight excluding hydrogens is 372 g/mol. The average Bonchev–Trinajstić information content (AvgIpc) is 3.29. The van der Waals surface area contributed by atoms with E-state index in [1.165, 1.54) is 32.8 Å². The number of para-hydroxylation sites is 2. The minimum Gasteiger partial charge on any atom is -0.353 e. The molecule has 0 aliphatic heterocycles. The molecular formula is C24H18N6. The van der Waals surface area contributed by atoms with Crippen molar-refractivity contribution in [3.05, 3.63) is 71.8 Å². The Labute approximate surface area is 173 Å². The lowest BCUT2D eigenvalue weighted by Crippen LogP contribution is -2.10. The van der Waals surface area contributed by atoms with E-state index in [-0.39, 0.29) is 0 Å². The second kappa shape index (κ2) is 7.90. The van der Waals surface area contributed by atoms with Gasteiger partial charge in [0.1, 0.15) is 0 Å². The van der Waals surface area contributed by atoms with E-state index in [1.54, 1.807) is 24.5 Å². The molecule has 1 aliphatic rings. The number of aliphatic imine (C=N–C) groups is 2. The van der Waals surface area contributed by atoms with Gasteiger partial charge < -0.3 is 9.97 Å². The van der Waals surface area contributed by atoms with Gasteiger partial charge in [0.05, 0.1) is 22.5 Å². The van der Waals surface area contributed by atoms with Gasteiger partial charge >= 0.3 is 0 Å². The largest absolute Gasteiger partial charge is 0.353 e. The quantitative estimate of drug-likeness (QED) is 0.304. The molecule has 5 rings (SSSR count). The molecule has 0 saturated carbocycles. The van der Waals surface area contributed by atoms with E-state index < -0.39 is 0 Å². The van der Waals surface area contributed by atoms with Crippen molar-refractivity contribution in [1.82, 2.24) is 9.97 Å². The fourth-order valence-corrected chi connectivity index (χ4v) is 3.55.